The number of aliphatic carboxylic acids is 1. The molecule has 23 heavy (non-hydrogen) atoms. The van der Waals surface area contributed by atoms with Crippen LogP contribution in [0.5, 0.6) is 5.75 Å². The maximum atomic E-state index is 11.1. The lowest BCUT2D eigenvalue weighted by molar-refractivity contribution is -0.138. The molecule has 0 saturated heterocycles. The van der Waals surface area contributed by atoms with E-state index in [4.69, 9.17) is 9.84 Å². The van der Waals surface area contributed by atoms with E-state index in [1.807, 2.05) is 49.1 Å². The average molecular weight is 314 g/mol. The Morgan fingerprint density at radius 3 is 2.48 bits per heavy atom. The van der Waals surface area contributed by atoms with Crippen LogP contribution in [0.1, 0.15) is 19.4 Å². The van der Waals surface area contributed by atoms with Gasteiger partial charge in [0.05, 0.1) is 13.7 Å². The first kappa shape index (κ1) is 17.0. The molecule has 2 rings (SSSR count). The van der Waals surface area contributed by atoms with Gasteiger partial charge in [-0.2, -0.15) is 0 Å². The van der Waals surface area contributed by atoms with Gasteiger partial charge in [0, 0.05) is 30.5 Å². The molecule has 0 amide bonds. The predicted octanol–water partition coefficient (Wildman–Crippen LogP) is 3.05. The highest BCUT2D eigenvalue weighted by Crippen LogP contribution is 2.27. The second kappa shape index (κ2) is 7.74. The molecule has 0 aliphatic carbocycles. The smallest absolute Gasteiger partial charge is 0.317 e. The molecule has 1 aromatic heterocycles. The van der Waals surface area contributed by atoms with E-state index in [1.54, 1.807) is 19.5 Å². The van der Waals surface area contributed by atoms with E-state index in [2.05, 4.69) is 4.98 Å². The van der Waals surface area contributed by atoms with Gasteiger partial charge in [-0.15, -0.1) is 0 Å². The first-order valence-corrected chi connectivity index (χ1v) is 7.54. The van der Waals surface area contributed by atoms with Crippen LogP contribution in [0, 0.1) is 0 Å². The maximum Gasteiger partial charge on any atom is 0.317 e. The number of rotatable bonds is 7. The van der Waals surface area contributed by atoms with Crippen molar-refractivity contribution in [1.29, 1.82) is 0 Å². The zero-order chi connectivity index (χ0) is 16.8. The number of benzene rings is 1. The summed E-state index contributed by atoms with van der Waals surface area (Å²) in [5.41, 5.74) is 3.09. The fourth-order valence-electron chi connectivity index (χ4n) is 2.44. The zero-order valence-corrected chi connectivity index (χ0v) is 13.7. The molecular formula is C18H22N2O3. The lowest BCUT2D eigenvalue weighted by atomic mass is 10.0. The van der Waals surface area contributed by atoms with Gasteiger partial charge < -0.3 is 9.84 Å². The Labute approximate surface area is 136 Å². The number of nitrogens with zero attached hydrogens (tertiary/aromatic N) is 2. The SMILES string of the molecule is COc1ccc(-c2ccncc2)cc1CN(CC(=O)O)C(C)C. The van der Waals surface area contributed by atoms with E-state index in [9.17, 15) is 4.79 Å². The molecule has 122 valence electrons. The Morgan fingerprint density at radius 1 is 1.22 bits per heavy atom. The monoisotopic (exact) mass is 314 g/mol. The highest BCUT2D eigenvalue weighted by atomic mass is 16.5. The Kier molecular flexibility index (Phi) is 5.71. The van der Waals surface area contributed by atoms with Crippen molar-refractivity contribution in [2.75, 3.05) is 13.7 Å². The molecule has 0 radical (unpaired) electrons. The predicted molar refractivity (Wildman–Crippen MR) is 89.4 cm³/mol. The van der Waals surface area contributed by atoms with Gasteiger partial charge in [0.15, 0.2) is 0 Å². The van der Waals surface area contributed by atoms with E-state index in [1.165, 1.54) is 0 Å². The molecule has 2 aromatic rings. The van der Waals surface area contributed by atoms with Crippen molar-refractivity contribution in [3.05, 3.63) is 48.3 Å². The molecule has 0 bridgehead atoms. The summed E-state index contributed by atoms with van der Waals surface area (Å²) in [5.74, 6) is -0.0678. The van der Waals surface area contributed by atoms with Crippen LogP contribution in [0.3, 0.4) is 0 Å². The minimum Gasteiger partial charge on any atom is -0.496 e. The van der Waals surface area contributed by atoms with Crippen molar-refractivity contribution in [2.45, 2.75) is 26.4 Å². The Balaban J connectivity index is 2.33. The van der Waals surface area contributed by atoms with Gasteiger partial charge >= 0.3 is 5.97 Å². The minimum absolute atomic E-state index is 0.000303. The lowest BCUT2D eigenvalue weighted by Gasteiger charge is -2.25. The summed E-state index contributed by atoms with van der Waals surface area (Å²) in [6.45, 7) is 4.50. The number of hydrogen-bond acceptors (Lipinski definition) is 4. The van der Waals surface area contributed by atoms with Crippen LogP contribution in [0.25, 0.3) is 11.1 Å². The summed E-state index contributed by atoms with van der Waals surface area (Å²) in [4.78, 5) is 17.0. The lowest BCUT2D eigenvalue weighted by Crippen LogP contribution is -2.35. The van der Waals surface area contributed by atoms with Crippen molar-refractivity contribution < 1.29 is 14.6 Å². The highest BCUT2D eigenvalue weighted by molar-refractivity contribution is 5.69. The second-order valence-electron chi connectivity index (χ2n) is 5.65. The molecule has 1 N–H and O–H groups in total. The van der Waals surface area contributed by atoms with Gasteiger partial charge in [-0.25, -0.2) is 0 Å². The second-order valence-corrected chi connectivity index (χ2v) is 5.65. The van der Waals surface area contributed by atoms with Gasteiger partial charge in [0.1, 0.15) is 5.75 Å². The fourth-order valence-corrected chi connectivity index (χ4v) is 2.44. The average Bonchev–Trinajstić information content (AvgIpc) is 2.54. The normalized spacial score (nSPS) is 11.0. The van der Waals surface area contributed by atoms with Crippen LogP contribution in [0.15, 0.2) is 42.7 Å². The van der Waals surface area contributed by atoms with E-state index < -0.39 is 5.97 Å². The van der Waals surface area contributed by atoms with E-state index in [-0.39, 0.29) is 12.6 Å². The van der Waals surface area contributed by atoms with Crippen molar-refractivity contribution in [2.24, 2.45) is 0 Å². The van der Waals surface area contributed by atoms with Crippen LogP contribution in [-0.2, 0) is 11.3 Å². The summed E-state index contributed by atoms with van der Waals surface area (Å²) in [5, 5.41) is 9.09. The molecule has 0 atom stereocenters. The summed E-state index contributed by atoms with van der Waals surface area (Å²) < 4.78 is 5.44. The number of hydrogen-bond donors (Lipinski definition) is 1. The number of ether oxygens (including phenoxy) is 1. The van der Waals surface area contributed by atoms with Crippen LogP contribution < -0.4 is 4.74 Å². The fraction of sp³-hybridized carbons (Fsp3) is 0.333. The van der Waals surface area contributed by atoms with Crippen molar-refractivity contribution in [3.8, 4) is 16.9 Å². The van der Waals surface area contributed by atoms with Crippen molar-refractivity contribution in [1.82, 2.24) is 9.88 Å². The van der Waals surface area contributed by atoms with Crippen LogP contribution in [0.2, 0.25) is 0 Å². The first-order chi connectivity index (χ1) is 11.0. The van der Waals surface area contributed by atoms with Gasteiger partial charge in [-0.3, -0.25) is 14.7 Å². The Hall–Kier alpha value is -2.40. The molecule has 0 saturated carbocycles. The summed E-state index contributed by atoms with van der Waals surface area (Å²) in [6.07, 6.45) is 3.51. The number of methoxy groups -OCH3 is 1. The quantitative estimate of drug-likeness (QED) is 0.851. The minimum atomic E-state index is -0.831. The first-order valence-electron chi connectivity index (χ1n) is 7.54. The standard InChI is InChI=1S/C18H22N2O3/c1-13(2)20(12-18(21)22)11-16-10-15(4-5-17(16)23-3)14-6-8-19-9-7-14/h4-10,13H,11-12H2,1-3H3,(H,21,22). The molecule has 0 aliphatic rings. The van der Waals surface area contributed by atoms with E-state index in [0.29, 0.717) is 6.54 Å². The van der Waals surface area contributed by atoms with Crippen molar-refractivity contribution in [3.63, 3.8) is 0 Å². The summed E-state index contributed by atoms with van der Waals surface area (Å²) in [6, 6.07) is 9.98. The largest absolute Gasteiger partial charge is 0.496 e. The summed E-state index contributed by atoms with van der Waals surface area (Å²) >= 11 is 0. The molecule has 1 aromatic carbocycles. The number of carbonyl (C=O) groups is 1. The third-order valence-corrected chi connectivity index (χ3v) is 3.74. The maximum absolute atomic E-state index is 11.1. The summed E-state index contributed by atoms with van der Waals surface area (Å²) in [7, 11) is 1.63. The third-order valence-electron chi connectivity index (χ3n) is 3.74. The number of pyridine rings is 1. The molecule has 1 heterocycles. The molecular weight excluding hydrogens is 292 g/mol. The number of carboxylic acids is 1. The Morgan fingerprint density at radius 2 is 1.91 bits per heavy atom. The molecule has 0 aliphatic heterocycles. The Bertz CT molecular complexity index is 657. The van der Waals surface area contributed by atoms with Gasteiger partial charge in [0.25, 0.3) is 0 Å². The number of carboxylic acid groups (broad SMARTS) is 1. The van der Waals surface area contributed by atoms with Gasteiger partial charge in [0.2, 0.25) is 0 Å². The number of aromatic nitrogens is 1. The van der Waals surface area contributed by atoms with Crippen LogP contribution in [-0.4, -0.2) is 40.7 Å². The van der Waals surface area contributed by atoms with Crippen molar-refractivity contribution >= 4 is 5.97 Å². The molecule has 0 spiro atoms. The van der Waals surface area contributed by atoms with Crippen LogP contribution in [0.4, 0.5) is 0 Å². The topological polar surface area (TPSA) is 62.7 Å². The highest BCUT2D eigenvalue weighted by Gasteiger charge is 2.16. The van der Waals surface area contributed by atoms with Gasteiger partial charge in [-0.1, -0.05) is 6.07 Å². The molecule has 0 fully saturated rings. The molecule has 5 nitrogen and oxygen atoms in total. The molecule has 0 unspecified atom stereocenters. The third kappa shape index (κ3) is 4.53. The van der Waals surface area contributed by atoms with Gasteiger partial charge in [-0.05, 0) is 49.2 Å². The van der Waals surface area contributed by atoms with E-state index >= 15 is 0 Å². The van der Waals surface area contributed by atoms with E-state index in [0.717, 1.165) is 22.4 Å². The zero-order valence-electron chi connectivity index (χ0n) is 13.7. The molecule has 5 heteroatoms. The van der Waals surface area contributed by atoms with Crippen LogP contribution >= 0.6 is 0 Å².